The molecular weight excluding hydrogens is 424 g/mol. The third kappa shape index (κ3) is 13.7. The van der Waals surface area contributed by atoms with Crippen molar-refractivity contribution in [2.75, 3.05) is 5.75 Å². The van der Waals surface area contributed by atoms with Crippen molar-refractivity contribution in [2.24, 2.45) is 5.92 Å². The standard InChI is InChI=1S/C25H42N2O4S/c1-4-6-8-10-11-13-15-17-21(16-14-12-9-7-5-2)24(30)31-22-18-20(3)26-25(27-22)32-19-23(28)29/h18,21H,4-17,19H2,1-3H3,(H,28,29). The van der Waals surface area contributed by atoms with E-state index in [0.717, 1.165) is 50.3 Å². The monoisotopic (exact) mass is 466 g/mol. The molecule has 1 atom stereocenters. The molecule has 0 aromatic carbocycles. The van der Waals surface area contributed by atoms with Gasteiger partial charge in [0.2, 0.25) is 5.88 Å². The van der Waals surface area contributed by atoms with E-state index < -0.39 is 5.97 Å². The second-order valence-electron chi connectivity index (χ2n) is 8.54. The number of carboxylic acids is 1. The first-order chi connectivity index (χ1) is 15.5. The van der Waals surface area contributed by atoms with Crippen LogP contribution in [-0.4, -0.2) is 32.8 Å². The molecule has 6 nitrogen and oxygen atoms in total. The summed E-state index contributed by atoms with van der Waals surface area (Å²) in [7, 11) is 0. The number of nitrogens with zero attached hydrogens (tertiary/aromatic N) is 2. The van der Waals surface area contributed by atoms with Crippen molar-refractivity contribution < 1.29 is 19.4 Å². The Balaban J connectivity index is 2.63. The molecule has 0 radical (unpaired) electrons. The Kier molecular flexibility index (Phi) is 15.9. The van der Waals surface area contributed by atoms with Gasteiger partial charge in [-0.25, -0.2) is 4.98 Å². The van der Waals surface area contributed by atoms with Crippen LogP contribution in [0.15, 0.2) is 11.2 Å². The molecule has 0 saturated heterocycles. The van der Waals surface area contributed by atoms with Gasteiger partial charge in [0.15, 0.2) is 5.16 Å². The minimum atomic E-state index is -0.934. The number of aliphatic carboxylic acids is 1. The van der Waals surface area contributed by atoms with Gasteiger partial charge in [-0.05, 0) is 19.8 Å². The molecule has 1 heterocycles. The van der Waals surface area contributed by atoms with Crippen molar-refractivity contribution in [3.63, 3.8) is 0 Å². The maximum atomic E-state index is 12.9. The molecule has 1 rings (SSSR count). The lowest BCUT2D eigenvalue weighted by atomic mass is 9.94. The predicted molar refractivity (Wildman–Crippen MR) is 130 cm³/mol. The van der Waals surface area contributed by atoms with Crippen LogP contribution in [0.25, 0.3) is 0 Å². The Morgan fingerprint density at radius 2 is 1.44 bits per heavy atom. The number of carbonyl (C=O) groups is 2. The van der Waals surface area contributed by atoms with Gasteiger partial charge in [0.05, 0.1) is 11.7 Å². The summed E-state index contributed by atoms with van der Waals surface area (Å²) in [6, 6.07) is 1.63. The van der Waals surface area contributed by atoms with E-state index >= 15 is 0 Å². The van der Waals surface area contributed by atoms with Gasteiger partial charge in [0.1, 0.15) is 0 Å². The summed E-state index contributed by atoms with van der Waals surface area (Å²) in [4.78, 5) is 32.2. The first kappa shape index (κ1) is 28.4. The molecule has 182 valence electrons. The van der Waals surface area contributed by atoms with Crippen LogP contribution in [0.4, 0.5) is 0 Å². The number of thioether (sulfide) groups is 1. The molecule has 0 amide bonds. The fourth-order valence-electron chi connectivity index (χ4n) is 3.67. The first-order valence-electron chi connectivity index (χ1n) is 12.4. The lowest BCUT2D eigenvalue weighted by Gasteiger charge is -2.16. The summed E-state index contributed by atoms with van der Waals surface area (Å²) in [6.45, 7) is 6.21. The second-order valence-corrected chi connectivity index (χ2v) is 9.49. The van der Waals surface area contributed by atoms with Gasteiger partial charge in [0.25, 0.3) is 0 Å². The molecular formula is C25H42N2O4S. The average molecular weight is 467 g/mol. The molecule has 32 heavy (non-hydrogen) atoms. The number of esters is 1. The summed E-state index contributed by atoms with van der Waals surface area (Å²) in [5.74, 6) is -1.19. The quantitative estimate of drug-likeness (QED) is 0.102. The van der Waals surface area contributed by atoms with Crippen LogP contribution in [-0.2, 0) is 9.59 Å². The molecule has 0 bridgehead atoms. The Morgan fingerprint density at radius 1 is 0.906 bits per heavy atom. The van der Waals surface area contributed by atoms with Crippen LogP contribution in [0.2, 0.25) is 0 Å². The highest BCUT2D eigenvalue weighted by atomic mass is 32.2. The van der Waals surface area contributed by atoms with Crippen molar-refractivity contribution in [2.45, 2.75) is 116 Å². The number of carbonyl (C=O) groups excluding carboxylic acids is 1. The second kappa shape index (κ2) is 17.9. The molecule has 0 aliphatic carbocycles. The average Bonchev–Trinajstić information content (AvgIpc) is 2.75. The minimum absolute atomic E-state index is 0.113. The summed E-state index contributed by atoms with van der Waals surface area (Å²) >= 11 is 1.03. The fourth-order valence-corrected chi connectivity index (χ4v) is 4.28. The van der Waals surface area contributed by atoms with Crippen LogP contribution >= 0.6 is 11.8 Å². The normalized spacial score (nSPS) is 12.0. The van der Waals surface area contributed by atoms with E-state index in [1.54, 1.807) is 13.0 Å². The summed E-state index contributed by atoms with van der Waals surface area (Å²) in [5.41, 5.74) is 0.652. The fraction of sp³-hybridized carbons (Fsp3) is 0.760. The number of carboxylic acid groups (broad SMARTS) is 1. The van der Waals surface area contributed by atoms with Gasteiger partial charge in [-0.3, -0.25) is 9.59 Å². The smallest absolute Gasteiger partial charge is 0.315 e. The highest BCUT2D eigenvalue weighted by Gasteiger charge is 2.21. The lowest BCUT2D eigenvalue weighted by molar-refractivity contribution is -0.140. The van der Waals surface area contributed by atoms with Gasteiger partial charge in [-0.2, -0.15) is 4.98 Å². The highest BCUT2D eigenvalue weighted by Crippen LogP contribution is 2.23. The topological polar surface area (TPSA) is 89.4 Å². The zero-order valence-corrected chi connectivity index (χ0v) is 21.1. The van der Waals surface area contributed by atoms with Gasteiger partial charge in [-0.15, -0.1) is 0 Å². The Hall–Kier alpha value is -1.63. The van der Waals surface area contributed by atoms with Gasteiger partial charge in [0, 0.05) is 11.8 Å². The van der Waals surface area contributed by atoms with Crippen molar-refractivity contribution in [1.82, 2.24) is 9.97 Å². The van der Waals surface area contributed by atoms with E-state index in [4.69, 9.17) is 9.84 Å². The summed E-state index contributed by atoms with van der Waals surface area (Å²) in [5, 5.41) is 9.19. The molecule has 0 aliphatic rings. The minimum Gasteiger partial charge on any atom is -0.481 e. The lowest BCUT2D eigenvalue weighted by Crippen LogP contribution is -2.21. The largest absolute Gasteiger partial charge is 0.481 e. The van der Waals surface area contributed by atoms with E-state index in [9.17, 15) is 9.59 Å². The molecule has 0 spiro atoms. The van der Waals surface area contributed by atoms with Crippen molar-refractivity contribution in [3.8, 4) is 5.88 Å². The number of unbranched alkanes of at least 4 members (excludes halogenated alkanes) is 10. The number of ether oxygens (including phenoxy) is 1. The Bertz CT molecular complexity index is 669. The summed E-state index contributed by atoms with van der Waals surface area (Å²) in [6.07, 6.45) is 16.1. The van der Waals surface area contributed by atoms with Crippen LogP contribution in [0, 0.1) is 12.8 Å². The third-order valence-corrected chi connectivity index (χ3v) is 6.32. The van der Waals surface area contributed by atoms with Crippen LogP contribution in [0.5, 0.6) is 5.88 Å². The highest BCUT2D eigenvalue weighted by molar-refractivity contribution is 7.99. The molecule has 7 heteroatoms. The van der Waals surface area contributed by atoms with Crippen LogP contribution in [0.1, 0.15) is 109 Å². The number of aryl methyl sites for hydroxylation is 1. The molecule has 0 aliphatic heterocycles. The summed E-state index contributed by atoms with van der Waals surface area (Å²) < 4.78 is 5.64. The number of hydrogen-bond acceptors (Lipinski definition) is 6. The third-order valence-electron chi connectivity index (χ3n) is 5.49. The molecule has 0 saturated carbocycles. The van der Waals surface area contributed by atoms with E-state index in [-0.39, 0.29) is 23.5 Å². The molecule has 0 fully saturated rings. The SMILES string of the molecule is CCCCCCCCCC(CCCCCCC)C(=O)Oc1cc(C)nc(SCC(=O)O)n1. The van der Waals surface area contributed by atoms with E-state index in [1.807, 2.05) is 0 Å². The zero-order valence-electron chi connectivity index (χ0n) is 20.2. The predicted octanol–water partition coefficient (Wildman–Crippen LogP) is 6.98. The maximum Gasteiger partial charge on any atom is 0.315 e. The number of hydrogen-bond donors (Lipinski definition) is 1. The molecule has 1 aromatic rings. The van der Waals surface area contributed by atoms with Crippen molar-refractivity contribution in [3.05, 3.63) is 11.8 Å². The zero-order chi connectivity index (χ0) is 23.6. The Morgan fingerprint density at radius 3 is 1.97 bits per heavy atom. The molecule has 1 unspecified atom stereocenters. The van der Waals surface area contributed by atoms with Gasteiger partial charge < -0.3 is 9.84 Å². The van der Waals surface area contributed by atoms with Crippen molar-refractivity contribution in [1.29, 1.82) is 0 Å². The van der Waals surface area contributed by atoms with E-state index in [2.05, 4.69) is 23.8 Å². The van der Waals surface area contributed by atoms with Crippen molar-refractivity contribution >= 4 is 23.7 Å². The maximum absolute atomic E-state index is 12.9. The number of rotatable bonds is 19. The number of aromatic nitrogens is 2. The first-order valence-corrected chi connectivity index (χ1v) is 13.4. The van der Waals surface area contributed by atoms with E-state index in [0.29, 0.717) is 10.9 Å². The molecule has 1 aromatic heterocycles. The van der Waals surface area contributed by atoms with Gasteiger partial charge in [-0.1, -0.05) is 103 Å². The van der Waals surface area contributed by atoms with E-state index in [1.165, 1.54) is 51.4 Å². The van der Waals surface area contributed by atoms with Gasteiger partial charge >= 0.3 is 11.9 Å². The van der Waals surface area contributed by atoms with Crippen LogP contribution < -0.4 is 4.74 Å². The van der Waals surface area contributed by atoms with Crippen LogP contribution in [0.3, 0.4) is 0 Å². The molecule has 1 N–H and O–H groups in total. The Labute approximate surface area is 198 Å².